The maximum absolute atomic E-state index is 13.9. The van der Waals surface area contributed by atoms with Gasteiger partial charge < -0.3 is 14.5 Å². The van der Waals surface area contributed by atoms with Gasteiger partial charge in [-0.3, -0.25) is 4.72 Å². The van der Waals surface area contributed by atoms with E-state index in [1.54, 1.807) is 56.5 Å². The number of halogens is 3. The molecular weight excluding hydrogens is 723 g/mol. The zero-order chi connectivity index (χ0) is 32.1. The van der Waals surface area contributed by atoms with Gasteiger partial charge in [-0.1, -0.05) is 35.9 Å². The van der Waals surface area contributed by atoms with Crippen LogP contribution in [0.15, 0.2) is 81.9 Å². The van der Waals surface area contributed by atoms with Crippen molar-refractivity contribution in [2.45, 2.75) is 16.0 Å². The molecule has 15 heteroatoms. The third kappa shape index (κ3) is 6.96. The quantitative estimate of drug-likeness (QED) is 0.178. The Morgan fingerprint density at radius 3 is 2.21 bits per heavy atom. The van der Waals surface area contributed by atoms with E-state index < -0.39 is 20.0 Å². The molecule has 252 valence electrons. The standard InChI is InChI=1S/C32H33ClN4O5S3.2ClH/c1-21-26-19-22(33)11-14-30(26)43-32(21)44(38,39)34-23-12-13-29(42-4)28(20-23)36-15-17-37(18-16-36)45(40,41)31-10-6-7-24-25(31)8-5-9-27(24)35(2)3;;/h5-14,19-20,34H,15-18H2,1-4H3;2*1H. The predicted octanol–water partition coefficient (Wildman–Crippen LogP) is 7.25. The van der Waals surface area contributed by atoms with E-state index in [2.05, 4.69) is 4.72 Å². The Labute approximate surface area is 297 Å². The highest BCUT2D eigenvalue weighted by Gasteiger charge is 2.31. The van der Waals surface area contributed by atoms with Gasteiger partial charge >= 0.3 is 0 Å². The van der Waals surface area contributed by atoms with Crippen molar-refractivity contribution in [3.63, 3.8) is 0 Å². The molecule has 5 aromatic rings. The van der Waals surface area contributed by atoms with Crippen molar-refractivity contribution in [1.29, 1.82) is 0 Å². The fraction of sp³-hybridized carbons (Fsp3) is 0.250. The third-order valence-electron chi connectivity index (χ3n) is 8.07. The SMILES string of the molecule is COc1ccc(NS(=O)(=O)c2sc3ccc(Cl)cc3c2C)cc1N1CCN(S(=O)(=O)c2cccc3c(N(C)C)cccc23)CC1.Cl.Cl. The predicted molar refractivity (Wildman–Crippen MR) is 199 cm³/mol. The number of fused-ring (bicyclic) bond motifs is 2. The number of hydrogen-bond donors (Lipinski definition) is 1. The number of sulfonamides is 2. The van der Waals surface area contributed by atoms with Crippen molar-refractivity contribution < 1.29 is 21.6 Å². The molecule has 1 aromatic heterocycles. The van der Waals surface area contributed by atoms with Crippen LogP contribution in [0.1, 0.15) is 5.56 Å². The van der Waals surface area contributed by atoms with Crippen molar-refractivity contribution in [1.82, 2.24) is 4.31 Å². The Kier molecular flexibility index (Phi) is 11.2. The largest absolute Gasteiger partial charge is 0.495 e. The number of piperazine rings is 1. The van der Waals surface area contributed by atoms with E-state index in [0.29, 0.717) is 46.2 Å². The zero-order valence-electron chi connectivity index (χ0n) is 26.1. The fourth-order valence-electron chi connectivity index (χ4n) is 5.82. The molecule has 9 nitrogen and oxygen atoms in total. The van der Waals surface area contributed by atoms with Gasteiger partial charge in [0.2, 0.25) is 10.0 Å². The van der Waals surface area contributed by atoms with Crippen molar-refractivity contribution in [3.05, 3.63) is 83.4 Å². The molecule has 0 bridgehead atoms. The fourth-order valence-corrected chi connectivity index (χ4v) is 10.4. The Hall–Kier alpha value is -2.97. The molecule has 6 rings (SSSR count). The normalized spacial score (nSPS) is 14.0. The smallest absolute Gasteiger partial charge is 0.271 e. The van der Waals surface area contributed by atoms with Crippen LogP contribution in [0.4, 0.5) is 17.1 Å². The first-order valence-electron chi connectivity index (χ1n) is 14.2. The summed E-state index contributed by atoms with van der Waals surface area (Å²) in [6, 6.07) is 21.5. The average molecular weight is 758 g/mol. The highest BCUT2D eigenvalue weighted by Crippen LogP contribution is 2.38. The second kappa shape index (κ2) is 14.3. The van der Waals surface area contributed by atoms with Crippen LogP contribution in [-0.4, -0.2) is 68.5 Å². The lowest BCUT2D eigenvalue weighted by molar-refractivity contribution is 0.378. The Morgan fingerprint density at radius 2 is 1.53 bits per heavy atom. The summed E-state index contributed by atoms with van der Waals surface area (Å²) in [6.07, 6.45) is 0. The van der Waals surface area contributed by atoms with Crippen LogP contribution in [-0.2, 0) is 20.0 Å². The summed E-state index contributed by atoms with van der Waals surface area (Å²) < 4.78 is 65.7. The molecule has 0 unspecified atom stereocenters. The number of nitrogens with zero attached hydrogens (tertiary/aromatic N) is 3. The monoisotopic (exact) mass is 756 g/mol. The molecule has 1 aliphatic heterocycles. The topological polar surface area (TPSA) is 99.3 Å². The van der Waals surface area contributed by atoms with Gasteiger partial charge in [0.1, 0.15) is 9.96 Å². The van der Waals surface area contributed by atoms with E-state index >= 15 is 0 Å². The Morgan fingerprint density at radius 1 is 0.851 bits per heavy atom. The molecule has 0 spiro atoms. The van der Waals surface area contributed by atoms with Crippen LogP contribution >= 0.6 is 47.8 Å². The van der Waals surface area contributed by atoms with Gasteiger partial charge in [0, 0.05) is 66.5 Å². The first-order valence-corrected chi connectivity index (χ1v) is 18.4. The second-order valence-corrected chi connectivity index (χ2v) is 16.3. The number of aryl methyl sites for hydroxylation is 1. The van der Waals surface area contributed by atoms with Gasteiger partial charge in [-0.2, -0.15) is 4.31 Å². The molecule has 1 aliphatic rings. The van der Waals surface area contributed by atoms with Gasteiger partial charge in [0.05, 0.1) is 23.4 Å². The number of ether oxygens (including phenoxy) is 1. The Balaban J connectivity index is 0.00000250. The summed E-state index contributed by atoms with van der Waals surface area (Å²) in [5.74, 6) is 0.562. The van der Waals surface area contributed by atoms with Crippen molar-refractivity contribution in [3.8, 4) is 5.75 Å². The molecule has 4 aromatic carbocycles. The maximum Gasteiger partial charge on any atom is 0.271 e. The lowest BCUT2D eigenvalue weighted by Crippen LogP contribution is -2.48. The summed E-state index contributed by atoms with van der Waals surface area (Å²) in [5, 5.41) is 2.91. The average Bonchev–Trinajstić information content (AvgIpc) is 3.36. The minimum atomic E-state index is -3.90. The number of anilines is 3. The third-order valence-corrected chi connectivity index (χ3v) is 13.5. The summed E-state index contributed by atoms with van der Waals surface area (Å²) >= 11 is 7.35. The van der Waals surface area contributed by atoms with E-state index in [9.17, 15) is 16.8 Å². The van der Waals surface area contributed by atoms with Crippen LogP contribution in [0.2, 0.25) is 5.02 Å². The van der Waals surface area contributed by atoms with Crippen LogP contribution in [0.5, 0.6) is 5.75 Å². The minimum absolute atomic E-state index is 0. The molecule has 1 saturated heterocycles. The first-order chi connectivity index (χ1) is 21.4. The molecule has 0 atom stereocenters. The summed E-state index contributed by atoms with van der Waals surface area (Å²) in [4.78, 5) is 4.27. The van der Waals surface area contributed by atoms with Crippen molar-refractivity contribution in [2.24, 2.45) is 0 Å². The van der Waals surface area contributed by atoms with Gasteiger partial charge in [0.25, 0.3) is 10.0 Å². The van der Waals surface area contributed by atoms with Crippen molar-refractivity contribution in [2.75, 3.05) is 61.9 Å². The molecule has 0 radical (unpaired) electrons. The minimum Gasteiger partial charge on any atom is -0.495 e. The molecule has 1 fully saturated rings. The molecule has 1 N–H and O–H groups in total. The van der Waals surface area contributed by atoms with Crippen LogP contribution < -0.4 is 19.3 Å². The number of hydrogen-bond acceptors (Lipinski definition) is 8. The molecule has 0 aliphatic carbocycles. The number of thiophene rings is 1. The zero-order valence-corrected chi connectivity index (χ0v) is 30.9. The summed E-state index contributed by atoms with van der Waals surface area (Å²) in [6.45, 7) is 3.09. The lowest BCUT2D eigenvalue weighted by atomic mass is 10.1. The van der Waals surface area contributed by atoms with Crippen LogP contribution in [0, 0.1) is 6.92 Å². The summed E-state index contributed by atoms with van der Waals surface area (Å²) in [5.41, 5.74) is 2.64. The number of rotatable bonds is 8. The number of nitrogens with one attached hydrogen (secondary N) is 1. The van der Waals surface area contributed by atoms with Crippen molar-refractivity contribution >= 4 is 106 Å². The molecule has 2 heterocycles. The molecule has 47 heavy (non-hydrogen) atoms. The van der Waals surface area contributed by atoms with E-state index in [4.69, 9.17) is 16.3 Å². The van der Waals surface area contributed by atoms with Gasteiger partial charge in [-0.05, 0) is 66.4 Å². The van der Waals surface area contributed by atoms with Crippen LogP contribution in [0.25, 0.3) is 20.9 Å². The maximum atomic E-state index is 13.9. The first kappa shape index (κ1) is 36.9. The highest BCUT2D eigenvalue weighted by atomic mass is 35.5. The number of methoxy groups -OCH3 is 1. The van der Waals surface area contributed by atoms with E-state index in [1.165, 1.54) is 15.6 Å². The molecule has 0 amide bonds. The molecule has 0 saturated carbocycles. The highest BCUT2D eigenvalue weighted by molar-refractivity contribution is 7.95. The summed E-state index contributed by atoms with van der Waals surface area (Å²) in [7, 11) is -2.25. The second-order valence-electron chi connectivity index (χ2n) is 11.1. The van der Waals surface area contributed by atoms with E-state index in [0.717, 1.165) is 21.2 Å². The van der Waals surface area contributed by atoms with Gasteiger partial charge in [-0.15, -0.1) is 36.2 Å². The Bertz CT molecular complexity index is 2150. The van der Waals surface area contributed by atoms with E-state index in [-0.39, 0.29) is 47.0 Å². The van der Waals surface area contributed by atoms with Gasteiger partial charge in [0.15, 0.2) is 0 Å². The van der Waals surface area contributed by atoms with Gasteiger partial charge in [-0.25, -0.2) is 16.8 Å². The van der Waals surface area contributed by atoms with Crippen LogP contribution in [0.3, 0.4) is 0 Å². The lowest BCUT2D eigenvalue weighted by Gasteiger charge is -2.36. The molecular formula is C32H35Cl3N4O5S3. The number of benzene rings is 4. The van der Waals surface area contributed by atoms with E-state index in [1.807, 2.05) is 54.2 Å².